The lowest BCUT2D eigenvalue weighted by atomic mass is 9.98. The molecule has 1 fully saturated rings. The third-order valence-corrected chi connectivity index (χ3v) is 6.66. The number of hydrogen-bond acceptors (Lipinski definition) is 3. The largest absolute Gasteiger partial charge is 0.326 e. The van der Waals surface area contributed by atoms with Crippen molar-refractivity contribution in [3.05, 3.63) is 29.3 Å². The highest BCUT2D eigenvalue weighted by atomic mass is 32.2. The Bertz CT molecular complexity index is 584. The molecule has 1 aliphatic rings. The second-order valence-corrected chi connectivity index (χ2v) is 7.76. The van der Waals surface area contributed by atoms with Crippen LogP contribution >= 0.6 is 0 Å². The average Bonchev–Trinajstić information content (AvgIpc) is 2.73. The molecule has 0 aliphatic carbocycles. The molecule has 1 heterocycles. The highest BCUT2D eigenvalue weighted by Crippen LogP contribution is 2.27. The molecule has 1 unspecified atom stereocenters. The van der Waals surface area contributed by atoms with Crippen molar-refractivity contribution in [1.82, 2.24) is 4.31 Å². The average molecular weight is 310 g/mol. The molecule has 0 saturated carbocycles. The summed E-state index contributed by atoms with van der Waals surface area (Å²) >= 11 is 0. The van der Waals surface area contributed by atoms with Gasteiger partial charge in [0.15, 0.2) is 0 Å². The smallest absolute Gasteiger partial charge is 0.243 e. The fraction of sp³-hybridized carbons (Fsp3) is 0.625. The lowest BCUT2D eigenvalue weighted by Gasteiger charge is -2.22. The summed E-state index contributed by atoms with van der Waals surface area (Å²) in [5.74, 6) is 0.654. The van der Waals surface area contributed by atoms with E-state index >= 15 is 0 Å². The monoisotopic (exact) mass is 310 g/mol. The first kappa shape index (κ1) is 16.5. The number of hydrogen-bond donors (Lipinski definition) is 1. The Labute approximate surface area is 128 Å². The summed E-state index contributed by atoms with van der Waals surface area (Å²) in [5, 5.41) is 0. The van der Waals surface area contributed by atoms with Gasteiger partial charge in [-0.2, -0.15) is 4.31 Å². The van der Waals surface area contributed by atoms with Crippen molar-refractivity contribution in [2.45, 2.75) is 51.0 Å². The first-order valence-electron chi connectivity index (χ1n) is 7.79. The number of sulfonamides is 1. The Morgan fingerprint density at radius 1 is 1.29 bits per heavy atom. The number of rotatable bonds is 4. The van der Waals surface area contributed by atoms with Gasteiger partial charge in [-0.3, -0.25) is 0 Å². The lowest BCUT2D eigenvalue weighted by Crippen LogP contribution is -2.32. The topological polar surface area (TPSA) is 63.4 Å². The Morgan fingerprint density at radius 3 is 2.71 bits per heavy atom. The predicted octanol–water partition coefficient (Wildman–Crippen LogP) is 2.65. The molecule has 4 nitrogen and oxygen atoms in total. The minimum Gasteiger partial charge on any atom is -0.326 e. The van der Waals surface area contributed by atoms with Crippen LogP contribution in [0, 0.1) is 12.8 Å². The van der Waals surface area contributed by atoms with E-state index in [-0.39, 0.29) is 0 Å². The van der Waals surface area contributed by atoms with Gasteiger partial charge in [-0.15, -0.1) is 0 Å². The van der Waals surface area contributed by atoms with Crippen LogP contribution in [-0.2, 0) is 16.6 Å². The van der Waals surface area contributed by atoms with Crippen LogP contribution in [0.1, 0.15) is 43.7 Å². The van der Waals surface area contributed by atoms with Crippen LogP contribution in [0.2, 0.25) is 0 Å². The van der Waals surface area contributed by atoms with Gasteiger partial charge in [-0.05, 0) is 49.3 Å². The minimum atomic E-state index is -3.40. The molecule has 1 atom stereocenters. The molecule has 0 aromatic heterocycles. The molecular formula is C16H26N2O2S. The molecule has 2 rings (SSSR count). The normalized spacial score (nSPS) is 21.2. The van der Waals surface area contributed by atoms with E-state index in [2.05, 4.69) is 6.92 Å². The zero-order valence-corrected chi connectivity index (χ0v) is 13.8. The SMILES string of the molecule is CCC1CCCN(S(=O)(=O)c2cccc(CN)c2C)CC1. The van der Waals surface area contributed by atoms with E-state index in [0.717, 1.165) is 36.8 Å². The fourth-order valence-electron chi connectivity index (χ4n) is 3.09. The molecular weight excluding hydrogens is 284 g/mol. The van der Waals surface area contributed by atoms with E-state index in [1.165, 1.54) is 0 Å². The quantitative estimate of drug-likeness (QED) is 0.930. The molecule has 118 valence electrons. The van der Waals surface area contributed by atoms with Crippen molar-refractivity contribution in [3.63, 3.8) is 0 Å². The summed E-state index contributed by atoms with van der Waals surface area (Å²) in [5.41, 5.74) is 7.38. The van der Waals surface area contributed by atoms with Crippen molar-refractivity contribution in [2.24, 2.45) is 11.7 Å². The van der Waals surface area contributed by atoms with Gasteiger partial charge >= 0.3 is 0 Å². The van der Waals surface area contributed by atoms with E-state index in [1.807, 2.05) is 13.0 Å². The Balaban J connectivity index is 2.30. The molecule has 0 spiro atoms. The summed E-state index contributed by atoms with van der Waals surface area (Å²) in [6.07, 6.45) is 4.18. The Kier molecular flexibility index (Phi) is 5.41. The molecule has 21 heavy (non-hydrogen) atoms. The molecule has 1 aromatic carbocycles. The summed E-state index contributed by atoms with van der Waals surface area (Å²) in [7, 11) is -3.40. The van der Waals surface area contributed by atoms with E-state index in [4.69, 9.17) is 5.73 Å². The second-order valence-electron chi connectivity index (χ2n) is 5.85. The number of benzene rings is 1. The third-order valence-electron chi connectivity index (χ3n) is 4.62. The van der Waals surface area contributed by atoms with Gasteiger partial charge in [0.1, 0.15) is 0 Å². The van der Waals surface area contributed by atoms with Crippen molar-refractivity contribution >= 4 is 10.0 Å². The van der Waals surface area contributed by atoms with E-state index in [9.17, 15) is 8.42 Å². The zero-order chi connectivity index (χ0) is 15.5. The van der Waals surface area contributed by atoms with Crippen molar-refractivity contribution in [2.75, 3.05) is 13.1 Å². The minimum absolute atomic E-state index is 0.368. The number of nitrogens with zero attached hydrogens (tertiary/aromatic N) is 1. The van der Waals surface area contributed by atoms with Gasteiger partial charge in [-0.25, -0.2) is 8.42 Å². The second kappa shape index (κ2) is 6.90. The molecule has 0 radical (unpaired) electrons. The third kappa shape index (κ3) is 3.47. The van der Waals surface area contributed by atoms with E-state index < -0.39 is 10.0 Å². The van der Waals surface area contributed by atoms with Gasteiger partial charge in [0.2, 0.25) is 10.0 Å². The molecule has 1 aliphatic heterocycles. The van der Waals surface area contributed by atoms with E-state index in [0.29, 0.717) is 30.4 Å². The van der Waals surface area contributed by atoms with Crippen LogP contribution in [0.15, 0.2) is 23.1 Å². The highest BCUT2D eigenvalue weighted by Gasteiger charge is 2.28. The molecule has 1 aromatic rings. The standard InChI is InChI=1S/C16H26N2O2S/c1-3-14-6-5-10-18(11-9-14)21(19,20)16-8-4-7-15(12-17)13(16)2/h4,7-8,14H,3,5-6,9-12,17H2,1-2H3. The van der Waals surface area contributed by atoms with Crippen LogP contribution in [-0.4, -0.2) is 25.8 Å². The maximum Gasteiger partial charge on any atom is 0.243 e. The molecule has 2 N–H and O–H groups in total. The molecule has 0 bridgehead atoms. The summed E-state index contributed by atoms with van der Waals surface area (Å²) in [6.45, 7) is 5.66. The van der Waals surface area contributed by atoms with Crippen LogP contribution < -0.4 is 5.73 Å². The summed E-state index contributed by atoms with van der Waals surface area (Å²) in [6, 6.07) is 5.38. The van der Waals surface area contributed by atoms with Gasteiger partial charge in [0.25, 0.3) is 0 Å². The zero-order valence-electron chi connectivity index (χ0n) is 13.0. The molecule has 1 saturated heterocycles. The predicted molar refractivity (Wildman–Crippen MR) is 85.5 cm³/mol. The molecule has 5 heteroatoms. The first-order chi connectivity index (χ1) is 10.0. The summed E-state index contributed by atoms with van der Waals surface area (Å²) in [4.78, 5) is 0.417. The Morgan fingerprint density at radius 2 is 2.05 bits per heavy atom. The summed E-state index contributed by atoms with van der Waals surface area (Å²) < 4.78 is 27.5. The fourth-order valence-corrected chi connectivity index (χ4v) is 4.85. The van der Waals surface area contributed by atoms with Crippen LogP contribution in [0.25, 0.3) is 0 Å². The highest BCUT2D eigenvalue weighted by molar-refractivity contribution is 7.89. The van der Waals surface area contributed by atoms with Crippen molar-refractivity contribution in [3.8, 4) is 0 Å². The van der Waals surface area contributed by atoms with Crippen molar-refractivity contribution in [1.29, 1.82) is 0 Å². The number of nitrogens with two attached hydrogens (primary N) is 1. The van der Waals surface area contributed by atoms with E-state index in [1.54, 1.807) is 16.4 Å². The van der Waals surface area contributed by atoms with Crippen LogP contribution in [0.3, 0.4) is 0 Å². The van der Waals surface area contributed by atoms with Gasteiger partial charge in [0.05, 0.1) is 4.90 Å². The van der Waals surface area contributed by atoms with Crippen LogP contribution in [0.5, 0.6) is 0 Å². The maximum atomic E-state index is 12.9. The van der Waals surface area contributed by atoms with Crippen LogP contribution in [0.4, 0.5) is 0 Å². The maximum absolute atomic E-state index is 12.9. The van der Waals surface area contributed by atoms with Crippen molar-refractivity contribution < 1.29 is 8.42 Å². The lowest BCUT2D eigenvalue weighted by molar-refractivity contribution is 0.407. The van der Waals surface area contributed by atoms with Gasteiger partial charge < -0.3 is 5.73 Å². The first-order valence-corrected chi connectivity index (χ1v) is 9.23. The van der Waals surface area contributed by atoms with Gasteiger partial charge in [0, 0.05) is 19.6 Å². The van der Waals surface area contributed by atoms with Gasteiger partial charge in [-0.1, -0.05) is 25.5 Å². The molecule has 0 amide bonds. The Hall–Kier alpha value is -0.910.